The summed E-state index contributed by atoms with van der Waals surface area (Å²) in [6, 6.07) is 9.90. The lowest BCUT2D eigenvalue weighted by Gasteiger charge is -1.81. The lowest BCUT2D eigenvalue weighted by molar-refractivity contribution is -0.126. The van der Waals surface area contributed by atoms with E-state index in [-0.39, 0.29) is 0 Å². The van der Waals surface area contributed by atoms with Crippen LogP contribution in [0.1, 0.15) is 0 Å². The number of para-hydroxylation sites is 1. The minimum Gasteiger partial charge on any atom is -0.471 e. The molecule has 0 bridgehead atoms. The van der Waals surface area contributed by atoms with Gasteiger partial charge in [0.1, 0.15) is 5.58 Å². The molecule has 0 spiro atoms. The summed E-state index contributed by atoms with van der Waals surface area (Å²) in [5.74, 6) is 0. The SMILES string of the molecule is COC=O.c1ccc2occc2c1. The number of hydrogen-bond donors (Lipinski definition) is 0. The molecule has 0 aliphatic carbocycles. The summed E-state index contributed by atoms with van der Waals surface area (Å²) in [4.78, 5) is 8.95. The third-order valence-electron chi connectivity index (χ3n) is 1.46. The molecule has 1 aromatic carbocycles. The van der Waals surface area contributed by atoms with E-state index >= 15 is 0 Å². The van der Waals surface area contributed by atoms with Crippen LogP contribution >= 0.6 is 0 Å². The molecule has 0 N–H and O–H groups in total. The van der Waals surface area contributed by atoms with Crippen LogP contribution in [0.5, 0.6) is 0 Å². The van der Waals surface area contributed by atoms with Crippen LogP contribution in [0.3, 0.4) is 0 Å². The van der Waals surface area contributed by atoms with Crippen LogP contribution in [-0.4, -0.2) is 13.6 Å². The Kier molecular flexibility index (Phi) is 3.57. The maximum Gasteiger partial charge on any atom is 0.292 e. The van der Waals surface area contributed by atoms with Crippen LogP contribution in [0.2, 0.25) is 0 Å². The van der Waals surface area contributed by atoms with Gasteiger partial charge in [-0.15, -0.1) is 0 Å². The number of carbonyl (C=O) groups excluding carboxylic acids is 1. The van der Waals surface area contributed by atoms with E-state index in [2.05, 4.69) is 4.74 Å². The monoisotopic (exact) mass is 178 g/mol. The fraction of sp³-hybridized carbons (Fsp3) is 0.100. The molecule has 0 aliphatic rings. The topological polar surface area (TPSA) is 39.4 Å². The van der Waals surface area contributed by atoms with Gasteiger partial charge in [0.05, 0.1) is 13.4 Å². The lowest BCUT2D eigenvalue weighted by Crippen LogP contribution is -1.68. The number of fused-ring (bicyclic) bond motifs is 1. The van der Waals surface area contributed by atoms with Crippen molar-refractivity contribution in [3.8, 4) is 0 Å². The van der Waals surface area contributed by atoms with Crippen molar-refractivity contribution < 1.29 is 13.9 Å². The maximum absolute atomic E-state index is 8.95. The average Bonchev–Trinajstić information content (AvgIpc) is 2.66. The van der Waals surface area contributed by atoms with E-state index in [0.29, 0.717) is 6.47 Å². The molecule has 0 saturated heterocycles. The molecule has 1 aromatic heterocycles. The zero-order valence-electron chi connectivity index (χ0n) is 7.27. The Morgan fingerprint density at radius 1 is 1.31 bits per heavy atom. The molecule has 0 amide bonds. The van der Waals surface area contributed by atoms with Crippen molar-refractivity contribution in [1.29, 1.82) is 0 Å². The molecule has 0 saturated carbocycles. The van der Waals surface area contributed by atoms with Crippen molar-refractivity contribution in [2.75, 3.05) is 7.11 Å². The number of carbonyl (C=O) groups is 1. The summed E-state index contributed by atoms with van der Waals surface area (Å²) in [6.07, 6.45) is 1.70. The molecule has 13 heavy (non-hydrogen) atoms. The number of ether oxygens (including phenoxy) is 1. The van der Waals surface area contributed by atoms with Crippen molar-refractivity contribution in [1.82, 2.24) is 0 Å². The highest BCUT2D eigenvalue weighted by molar-refractivity contribution is 5.76. The molecular weight excluding hydrogens is 168 g/mol. The summed E-state index contributed by atoms with van der Waals surface area (Å²) in [7, 11) is 1.31. The van der Waals surface area contributed by atoms with Gasteiger partial charge in [-0.1, -0.05) is 18.2 Å². The zero-order valence-corrected chi connectivity index (χ0v) is 7.27. The fourth-order valence-corrected chi connectivity index (χ4v) is 0.906. The quantitative estimate of drug-likeness (QED) is 0.628. The second-order valence-electron chi connectivity index (χ2n) is 2.29. The molecule has 0 atom stereocenters. The molecule has 3 nitrogen and oxygen atoms in total. The largest absolute Gasteiger partial charge is 0.471 e. The van der Waals surface area contributed by atoms with Gasteiger partial charge in [-0.2, -0.15) is 0 Å². The first-order chi connectivity index (χ1) is 6.38. The van der Waals surface area contributed by atoms with Crippen LogP contribution in [0.15, 0.2) is 41.0 Å². The van der Waals surface area contributed by atoms with E-state index in [1.54, 1.807) is 6.26 Å². The van der Waals surface area contributed by atoms with Gasteiger partial charge in [0.15, 0.2) is 0 Å². The Hall–Kier alpha value is -1.77. The maximum atomic E-state index is 8.95. The molecule has 3 heteroatoms. The van der Waals surface area contributed by atoms with Crippen molar-refractivity contribution in [2.24, 2.45) is 0 Å². The predicted molar refractivity (Wildman–Crippen MR) is 49.3 cm³/mol. The van der Waals surface area contributed by atoms with Crippen molar-refractivity contribution in [2.45, 2.75) is 0 Å². The Morgan fingerprint density at radius 2 is 2.00 bits per heavy atom. The van der Waals surface area contributed by atoms with Gasteiger partial charge in [0.2, 0.25) is 0 Å². The number of furan rings is 1. The molecule has 0 unspecified atom stereocenters. The molecule has 0 aliphatic heterocycles. The van der Waals surface area contributed by atoms with Crippen molar-refractivity contribution in [3.05, 3.63) is 36.6 Å². The van der Waals surface area contributed by atoms with E-state index in [0.717, 1.165) is 11.0 Å². The number of hydrogen-bond acceptors (Lipinski definition) is 3. The standard InChI is InChI=1S/C8H6O.C2H4O2/c1-2-4-8-7(3-1)5-6-9-8;1-4-2-3/h1-6H;2H,1H3. The predicted octanol–water partition coefficient (Wildman–Crippen LogP) is 2.22. The first-order valence-electron chi connectivity index (χ1n) is 3.77. The van der Waals surface area contributed by atoms with Gasteiger partial charge in [-0.3, -0.25) is 4.79 Å². The summed E-state index contributed by atoms with van der Waals surface area (Å²) in [5.41, 5.74) is 0.956. The minimum absolute atomic E-state index is 0.375. The highest BCUT2D eigenvalue weighted by Crippen LogP contribution is 2.12. The number of benzene rings is 1. The van der Waals surface area contributed by atoms with Gasteiger partial charge in [-0.05, 0) is 12.1 Å². The third-order valence-corrected chi connectivity index (χ3v) is 1.46. The lowest BCUT2D eigenvalue weighted by atomic mass is 10.3. The van der Waals surface area contributed by atoms with E-state index in [1.807, 2.05) is 30.3 Å². The Balaban J connectivity index is 0.000000184. The van der Waals surface area contributed by atoms with Gasteiger partial charge < -0.3 is 9.15 Å². The van der Waals surface area contributed by atoms with E-state index < -0.39 is 0 Å². The van der Waals surface area contributed by atoms with Crippen LogP contribution in [0.25, 0.3) is 11.0 Å². The second kappa shape index (κ2) is 4.98. The van der Waals surface area contributed by atoms with Crippen molar-refractivity contribution in [3.63, 3.8) is 0 Å². The third kappa shape index (κ3) is 2.63. The van der Waals surface area contributed by atoms with Crippen LogP contribution < -0.4 is 0 Å². The molecule has 68 valence electrons. The number of rotatable bonds is 1. The molecule has 2 aromatic rings. The minimum atomic E-state index is 0.375. The van der Waals surface area contributed by atoms with Gasteiger partial charge in [-0.25, -0.2) is 0 Å². The van der Waals surface area contributed by atoms with Crippen LogP contribution in [-0.2, 0) is 9.53 Å². The summed E-state index contributed by atoms with van der Waals surface area (Å²) < 4.78 is 8.98. The van der Waals surface area contributed by atoms with E-state index in [1.165, 1.54) is 7.11 Å². The molecule has 1 heterocycles. The molecular formula is C10H10O3. The van der Waals surface area contributed by atoms with Crippen LogP contribution in [0, 0.1) is 0 Å². The zero-order chi connectivity index (χ0) is 9.52. The highest BCUT2D eigenvalue weighted by atomic mass is 16.5. The second-order valence-corrected chi connectivity index (χ2v) is 2.29. The summed E-state index contributed by atoms with van der Waals surface area (Å²) >= 11 is 0. The Labute approximate surface area is 75.9 Å². The summed E-state index contributed by atoms with van der Waals surface area (Å²) in [5, 5.41) is 1.16. The highest BCUT2D eigenvalue weighted by Gasteiger charge is 1.89. The van der Waals surface area contributed by atoms with Gasteiger partial charge in [0, 0.05) is 5.39 Å². The van der Waals surface area contributed by atoms with Crippen molar-refractivity contribution >= 4 is 17.4 Å². The number of methoxy groups -OCH3 is 1. The van der Waals surface area contributed by atoms with E-state index in [9.17, 15) is 0 Å². The summed E-state index contributed by atoms with van der Waals surface area (Å²) in [6.45, 7) is 0.375. The van der Waals surface area contributed by atoms with Gasteiger partial charge >= 0.3 is 0 Å². The fourth-order valence-electron chi connectivity index (χ4n) is 0.906. The van der Waals surface area contributed by atoms with Gasteiger partial charge in [0.25, 0.3) is 6.47 Å². The van der Waals surface area contributed by atoms with E-state index in [4.69, 9.17) is 9.21 Å². The average molecular weight is 178 g/mol. The molecule has 0 fully saturated rings. The Bertz CT molecular complexity index is 335. The smallest absolute Gasteiger partial charge is 0.292 e. The molecule has 2 rings (SSSR count). The molecule has 0 radical (unpaired) electrons. The first kappa shape index (κ1) is 9.32. The first-order valence-corrected chi connectivity index (χ1v) is 3.77. The Morgan fingerprint density at radius 3 is 2.62 bits per heavy atom. The van der Waals surface area contributed by atoms with Crippen LogP contribution in [0.4, 0.5) is 0 Å². The normalized spacial score (nSPS) is 8.69.